The molecule has 2 heteroatoms. The highest BCUT2D eigenvalue weighted by Gasteiger charge is 2.25. The van der Waals surface area contributed by atoms with Gasteiger partial charge in [0.1, 0.15) is 0 Å². The quantitative estimate of drug-likeness (QED) is 0.773. The van der Waals surface area contributed by atoms with Crippen molar-refractivity contribution in [2.45, 2.75) is 12.3 Å². The van der Waals surface area contributed by atoms with Gasteiger partial charge in [0.25, 0.3) is 0 Å². The molecule has 0 bridgehead atoms. The molecular formula is C12H17NO. The van der Waals surface area contributed by atoms with Gasteiger partial charge in [0.05, 0.1) is 6.61 Å². The minimum Gasteiger partial charge on any atom is -0.381 e. The van der Waals surface area contributed by atoms with Crippen LogP contribution in [0.2, 0.25) is 0 Å². The highest BCUT2D eigenvalue weighted by atomic mass is 16.5. The summed E-state index contributed by atoms with van der Waals surface area (Å²) < 4.78 is 5.44. The Morgan fingerprint density at radius 2 is 2.07 bits per heavy atom. The number of ether oxygens (including phenoxy) is 1. The predicted octanol–water partition coefficient (Wildman–Crippen LogP) is 1.77. The summed E-state index contributed by atoms with van der Waals surface area (Å²) >= 11 is 0. The fraction of sp³-hybridized carbons (Fsp3) is 0.500. The van der Waals surface area contributed by atoms with Crippen LogP contribution in [0, 0.1) is 5.92 Å². The molecule has 0 spiro atoms. The van der Waals surface area contributed by atoms with Crippen molar-refractivity contribution in [1.82, 2.24) is 0 Å². The molecule has 0 amide bonds. The lowest BCUT2D eigenvalue weighted by Gasteiger charge is -2.30. The van der Waals surface area contributed by atoms with Crippen molar-refractivity contribution >= 4 is 0 Å². The molecule has 2 rings (SSSR count). The van der Waals surface area contributed by atoms with E-state index >= 15 is 0 Å². The summed E-state index contributed by atoms with van der Waals surface area (Å²) in [6, 6.07) is 10.6. The van der Waals surface area contributed by atoms with Crippen molar-refractivity contribution in [3.8, 4) is 0 Å². The van der Waals surface area contributed by atoms with Crippen LogP contribution in [0.5, 0.6) is 0 Å². The molecule has 2 N–H and O–H groups in total. The first-order chi connectivity index (χ1) is 6.92. The van der Waals surface area contributed by atoms with Gasteiger partial charge in [0.15, 0.2) is 0 Å². The van der Waals surface area contributed by atoms with Gasteiger partial charge in [0, 0.05) is 12.5 Å². The van der Waals surface area contributed by atoms with Crippen molar-refractivity contribution in [1.29, 1.82) is 0 Å². The zero-order chi connectivity index (χ0) is 9.80. The second-order valence-electron chi connectivity index (χ2n) is 3.88. The maximum atomic E-state index is 5.75. The van der Waals surface area contributed by atoms with Gasteiger partial charge in [-0.25, -0.2) is 0 Å². The Kier molecular flexibility index (Phi) is 3.17. The van der Waals surface area contributed by atoms with Crippen LogP contribution in [0.1, 0.15) is 17.9 Å². The molecule has 76 valence electrons. The molecule has 2 nitrogen and oxygen atoms in total. The van der Waals surface area contributed by atoms with Crippen molar-refractivity contribution in [3.63, 3.8) is 0 Å². The standard InChI is InChI=1S/C12H17NO/c13-8-11-9-14-7-6-12(11)10-4-2-1-3-5-10/h1-5,11-12H,6-9,13H2/t11-,12-/m1/s1. The molecular weight excluding hydrogens is 174 g/mol. The maximum absolute atomic E-state index is 5.75. The summed E-state index contributed by atoms with van der Waals surface area (Å²) in [6.45, 7) is 2.41. The van der Waals surface area contributed by atoms with E-state index in [1.54, 1.807) is 0 Å². The lowest BCUT2D eigenvalue weighted by atomic mass is 9.83. The van der Waals surface area contributed by atoms with E-state index in [1.807, 2.05) is 0 Å². The molecule has 0 saturated carbocycles. The van der Waals surface area contributed by atoms with Crippen LogP contribution in [-0.2, 0) is 4.74 Å². The summed E-state index contributed by atoms with van der Waals surface area (Å²) in [4.78, 5) is 0. The van der Waals surface area contributed by atoms with E-state index in [0.717, 1.165) is 26.2 Å². The van der Waals surface area contributed by atoms with E-state index in [0.29, 0.717) is 11.8 Å². The summed E-state index contributed by atoms with van der Waals surface area (Å²) in [6.07, 6.45) is 1.10. The molecule has 1 aliphatic heterocycles. The van der Waals surface area contributed by atoms with E-state index < -0.39 is 0 Å². The first kappa shape index (κ1) is 9.69. The third-order valence-electron chi connectivity index (χ3n) is 3.00. The summed E-state index contributed by atoms with van der Waals surface area (Å²) in [5, 5.41) is 0. The van der Waals surface area contributed by atoms with Gasteiger partial charge in [-0.15, -0.1) is 0 Å². The smallest absolute Gasteiger partial charge is 0.0512 e. The van der Waals surface area contributed by atoms with Crippen LogP contribution >= 0.6 is 0 Å². The monoisotopic (exact) mass is 191 g/mol. The van der Waals surface area contributed by atoms with Gasteiger partial charge >= 0.3 is 0 Å². The minimum absolute atomic E-state index is 0.492. The minimum atomic E-state index is 0.492. The van der Waals surface area contributed by atoms with E-state index in [4.69, 9.17) is 10.5 Å². The Morgan fingerprint density at radius 1 is 1.29 bits per heavy atom. The highest BCUT2D eigenvalue weighted by molar-refractivity contribution is 5.20. The van der Waals surface area contributed by atoms with Crippen LogP contribution < -0.4 is 5.73 Å². The van der Waals surface area contributed by atoms with Gasteiger partial charge in [-0.05, 0) is 24.4 Å². The molecule has 14 heavy (non-hydrogen) atoms. The molecule has 0 aliphatic carbocycles. The molecule has 1 aromatic rings. The lowest BCUT2D eigenvalue weighted by molar-refractivity contribution is 0.0436. The average Bonchev–Trinajstić information content (AvgIpc) is 2.30. The molecule has 0 unspecified atom stereocenters. The predicted molar refractivity (Wildman–Crippen MR) is 57.2 cm³/mol. The van der Waals surface area contributed by atoms with Gasteiger partial charge < -0.3 is 10.5 Å². The van der Waals surface area contributed by atoms with E-state index in [-0.39, 0.29) is 0 Å². The molecule has 1 saturated heterocycles. The summed E-state index contributed by atoms with van der Waals surface area (Å²) in [5.41, 5.74) is 7.16. The van der Waals surface area contributed by atoms with Crippen molar-refractivity contribution in [2.75, 3.05) is 19.8 Å². The lowest BCUT2D eigenvalue weighted by Crippen LogP contribution is -2.31. The second kappa shape index (κ2) is 4.58. The molecule has 2 atom stereocenters. The normalized spacial score (nSPS) is 27.5. The highest BCUT2D eigenvalue weighted by Crippen LogP contribution is 2.30. The molecule has 0 radical (unpaired) electrons. The van der Waals surface area contributed by atoms with Crippen LogP contribution in [0.25, 0.3) is 0 Å². The number of hydrogen-bond acceptors (Lipinski definition) is 2. The fourth-order valence-electron chi connectivity index (χ4n) is 2.17. The van der Waals surface area contributed by atoms with Crippen LogP contribution in [0.4, 0.5) is 0 Å². The molecule has 1 heterocycles. The number of benzene rings is 1. The number of rotatable bonds is 2. The van der Waals surface area contributed by atoms with E-state index in [9.17, 15) is 0 Å². The zero-order valence-electron chi connectivity index (χ0n) is 8.36. The van der Waals surface area contributed by atoms with Crippen molar-refractivity contribution in [2.24, 2.45) is 11.7 Å². The third kappa shape index (κ3) is 1.97. The van der Waals surface area contributed by atoms with E-state index in [2.05, 4.69) is 30.3 Å². The molecule has 1 aliphatic rings. The SMILES string of the molecule is NC[C@@H]1COCC[C@@H]1c1ccccc1. The first-order valence-electron chi connectivity index (χ1n) is 5.24. The average molecular weight is 191 g/mol. The van der Waals surface area contributed by atoms with Crippen LogP contribution in [0.3, 0.4) is 0 Å². The molecule has 0 aromatic heterocycles. The number of nitrogens with two attached hydrogens (primary N) is 1. The second-order valence-corrected chi connectivity index (χ2v) is 3.88. The van der Waals surface area contributed by atoms with Crippen molar-refractivity contribution in [3.05, 3.63) is 35.9 Å². The Balaban J connectivity index is 2.15. The zero-order valence-corrected chi connectivity index (χ0v) is 8.36. The molecule has 1 fully saturated rings. The van der Waals surface area contributed by atoms with E-state index in [1.165, 1.54) is 5.56 Å². The fourth-order valence-corrected chi connectivity index (χ4v) is 2.17. The Hall–Kier alpha value is -0.860. The summed E-state index contributed by atoms with van der Waals surface area (Å²) in [7, 11) is 0. The largest absolute Gasteiger partial charge is 0.381 e. The molecule has 1 aromatic carbocycles. The Morgan fingerprint density at radius 3 is 2.79 bits per heavy atom. The maximum Gasteiger partial charge on any atom is 0.0512 e. The Labute approximate surface area is 85.1 Å². The van der Waals surface area contributed by atoms with Crippen LogP contribution in [0.15, 0.2) is 30.3 Å². The third-order valence-corrected chi connectivity index (χ3v) is 3.00. The topological polar surface area (TPSA) is 35.2 Å². The van der Waals surface area contributed by atoms with Crippen LogP contribution in [-0.4, -0.2) is 19.8 Å². The van der Waals surface area contributed by atoms with Gasteiger partial charge in [0.2, 0.25) is 0 Å². The van der Waals surface area contributed by atoms with Gasteiger partial charge in [-0.2, -0.15) is 0 Å². The van der Waals surface area contributed by atoms with Gasteiger partial charge in [-0.1, -0.05) is 30.3 Å². The first-order valence-corrected chi connectivity index (χ1v) is 5.24. The number of hydrogen-bond donors (Lipinski definition) is 1. The van der Waals surface area contributed by atoms with Crippen molar-refractivity contribution < 1.29 is 4.74 Å². The Bertz CT molecular complexity index is 273. The summed E-state index contributed by atoms with van der Waals surface area (Å²) in [5.74, 6) is 1.08. The van der Waals surface area contributed by atoms with Gasteiger partial charge in [-0.3, -0.25) is 0 Å².